The summed E-state index contributed by atoms with van der Waals surface area (Å²) >= 11 is 0. The molecule has 0 aromatic carbocycles. The lowest BCUT2D eigenvalue weighted by Gasteiger charge is -2.35. The molecule has 3 fully saturated rings. The lowest BCUT2D eigenvalue weighted by molar-refractivity contribution is 0.122. The summed E-state index contributed by atoms with van der Waals surface area (Å²) < 4.78 is 31.4. The van der Waals surface area contributed by atoms with E-state index in [0.717, 1.165) is 75.5 Å². The van der Waals surface area contributed by atoms with Crippen molar-refractivity contribution in [2.45, 2.75) is 69.0 Å². The van der Waals surface area contributed by atoms with Crippen LogP contribution in [-0.4, -0.2) is 87.3 Å². The van der Waals surface area contributed by atoms with Crippen LogP contribution in [0.5, 0.6) is 0 Å². The van der Waals surface area contributed by atoms with Crippen LogP contribution in [0.25, 0.3) is 0 Å². The number of nitrogens with zero attached hydrogens (tertiary/aromatic N) is 5. The van der Waals surface area contributed by atoms with Crippen molar-refractivity contribution >= 4 is 28.0 Å². The Balaban J connectivity index is 1.31. The number of hydrogen-bond donors (Lipinski definition) is 2. The molecule has 2 aliphatic carbocycles. The molecule has 3 unspecified atom stereocenters. The SMILES string of the molecule is CN1N=CC2CCC(c3cc(NC4CCC(NS(C)(=O)=O)CC4)nc(N4CCOCC4)n3)CC21. The van der Waals surface area contributed by atoms with Crippen molar-refractivity contribution in [1.82, 2.24) is 19.7 Å². The quantitative estimate of drug-likeness (QED) is 0.619. The van der Waals surface area contributed by atoms with Crippen LogP contribution in [-0.2, 0) is 14.8 Å². The molecule has 4 aliphatic rings. The maximum atomic E-state index is 11.6. The zero-order chi connectivity index (χ0) is 23.7. The first-order valence-electron chi connectivity index (χ1n) is 12.6. The number of fused-ring (bicyclic) bond motifs is 1. The molecule has 2 N–H and O–H groups in total. The molecule has 1 aromatic heterocycles. The lowest BCUT2D eigenvalue weighted by atomic mass is 9.78. The van der Waals surface area contributed by atoms with Gasteiger partial charge in [-0.15, -0.1) is 0 Å². The van der Waals surface area contributed by atoms with E-state index in [1.165, 1.54) is 6.26 Å². The predicted octanol–water partition coefficient (Wildman–Crippen LogP) is 1.77. The van der Waals surface area contributed by atoms with Crippen molar-refractivity contribution < 1.29 is 13.2 Å². The Hall–Kier alpha value is -1.98. The number of ether oxygens (including phenoxy) is 1. The molecule has 0 radical (unpaired) electrons. The van der Waals surface area contributed by atoms with Gasteiger partial charge in [-0.2, -0.15) is 10.1 Å². The van der Waals surface area contributed by atoms with E-state index in [9.17, 15) is 8.42 Å². The zero-order valence-corrected chi connectivity index (χ0v) is 21.0. The maximum Gasteiger partial charge on any atom is 0.227 e. The molecule has 0 spiro atoms. The summed E-state index contributed by atoms with van der Waals surface area (Å²) in [6, 6.07) is 2.90. The van der Waals surface area contributed by atoms with E-state index in [0.29, 0.717) is 31.1 Å². The molecule has 0 bridgehead atoms. The molecule has 10 nitrogen and oxygen atoms in total. The fraction of sp³-hybridized carbons (Fsp3) is 0.783. The first-order chi connectivity index (χ1) is 16.3. The average Bonchev–Trinajstić information content (AvgIpc) is 3.20. The number of rotatable bonds is 6. The second-order valence-electron chi connectivity index (χ2n) is 10.2. The smallest absolute Gasteiger partial charge is 0.227 e. The second-order valence-corrected chi connectivity index (χ2v) is 12.0. The Kier molecular flexibility index (Phi) is 6.95. The number of hydrogen-bond acceptors (Lipinski definition) is 9. The third kappa shape index (κ3) is 5.63. The van der Waals surface area contributed by atoms with Crippen LogP contribution in [0.3, 0.4) is 0 Å². The van der Waals surface area contributed by atoms with Crippen LogP contribution in [0.15, 0.2) is 11.2 Å². The van der Waals surface area contributed by atoms with Crippen molar-refractivity contribution in [2.75, 3.05) is 49.8 Å². The normalized spacial score (nSPS) is 32.0. The fourth-order valence-electron chi connectivity index (χ4n) is 5.83. The second kappa shape index (κ2) is 9.94. The first-order valence-corrected chi connectivity index (χ1v) is 14.5. The van der Waals surface area contributed by atoms with Crippen molar-refractivity contribution in [3.8, 4) is 0 Å². The molecule has 3 atom stereocenters. The first kappa shape index (κ1) is 23.7. The minimum Gasteiger partial charge on any atom is -0.378 e. The van der Waals surface area contributed by atoms with E-state index >= 15 is 0 Å². The van der Waals surface area contributed by atoms with E-state index in [2.05, 4.69) is 44.4 Å². The topological polar surface area (TPSA) is 112 Å². The van der Waals surface area contributed by atoms with Crippen LogP contribution >= 0.6 is 0 Å². The Morgan fingerprint density at radius 2 is 1.76 bits per heavy atom. The molecule has 1 aromatic rings. The Morgan fingerprint density at radius 1 is 1.03 bits per heavy atom. The lowest BCUT2D eigenvalue weighted by Crippen LogP contribution is -2.40. The molecule has 0 amide bonds. The summed E-state index contributed by atoms with van der Waals surface area (Å²) in [5.74, 6) is 2.61. The molecule has 34 heavy (non-hydrogen) atoms. The summed E-state index contributed by atoms with van der Waals surface area (Å²) in [5.41, 5.74) is 1.12. The minimum absolute atomic E-state index is 0.0266. The Labute approximate surface area is 202 Å². The van der Waals surface area contributed by atoms with E-state index in [4.69, 9.17) is 14.7 Å². The van der Waals surface area contributed by atoms with Crippen LogP contribution in [0, 0.1) is 5.92 Å². The van der Waals surface area contributed by atoms with Gasteiger partial charge in [-0.3, -0.25) is 5.01 Å². The van der Waals surface area contributed by atoms with Gasteiger partial charge in [-0.25, -0.2) is 18.1 Å². The Morgan fingerprint density at radius 3 is 2.50 bits per heavy atom. The van der Waals surface area contributed by atoms with Crippen LogP contribution in [0.4, 0.5) is 11.8 Å². The summed E-state index contributed by atoms with van der Waals surface area (Å²) in [5, 5.41) is 10.3. The zero-order valence-electron chi connectivity index (χ0n) is 20.2. The highest BCUT2D eigenvalue weighted by molar-refractivity contribution is 7.88. The van der Waals surface area contributed by atoms with E-state index < -0.39 is 10.0 Å². The molecular weight excluding hydrogens is 454 g/mol. The number of anilines is 2. The molecule has 2 saturated carbocycles. The van der Waals surface area contributed by atoms with Gasteiger partial charge >= 0.3 is 0 Å². The Bertz CT molecular complexity index is 990. The molecule has 1 saturated heterocycles. The molecule has 11 heteroatoms. The van der Waals surface area contributed by atoms with E-state index in [1.807, 2.05) is 0 Å². The van der Waals surface area contributed by atoms with Crippen LogP contribution in [0.1, 0.15) is 56.6 Å². The number of hydrazone groups is 1. The van der Waals surface area contributed by atoms with Crippen LogP contribution in [0.2, 0.25) is 0 Å². The number of morpholine rings is 1. The fourth-order valence-corrected chi connectivity index (χ4v) is 6.67. The highest BCUT2D eigenvalue weighted by Crippen LogP contribution is 2.40. The third-order valence-corrected chi connectivity index (χ3v) is 8.46. The summed E-state index contributed by atoms with van der Waals surface area (Å²) in [6.07, 6.45) is 10.1. The van der Waals surface area contributed by atoms with Gasteiger partial charge < -0.3 is 15.0 Å². The summed E-state index contributed by atoms with van der Waals surface area (Å²) in [4.78, 5) is 12.2. The van der Waals surface area contributed by atoms with Crippen LogP contribution < -0.4 is 14.9 Å². The molecular formula is C23H37N7O3S. The number of sulfonamides is 1. The largest absolute Gasteiger partial charge is 0.378 e. The highest BCUT2D eigenvalue weighted by Gasteiger charge is 2.37. The summed E-state index contributed by atoms with van der Waals surface area (Å²) in [7, 11) is -1.09. The van der Waals surface area contributed by atoms with Gasteiger partial charge in [0.05, 0.1) is 31.2 Å². The summed E-state index contributed by atoms with van der Waals surface area (Å²) in [6.45, 7) is 3.00. The monoisotopic (exact) mass is 491 g/mol. The maximum absolute atomic E-state index is 11.6. The van der Waals surface area contributed by atoms with Gasteiger partial charge in [-0.1, -0.05) is 0 Å². The van der Waals surface area contributed by atoms with E-state index in [-0.39, 0.29) is 12.1 Å². The minimum atomic E-state index is -3.17. The van der Waals surface area contributed by atoms with Crippen molar-refractivity contribution in [3.63, 3.8) is 0 Å². The van der Waals surface area contributed by atoms with Gasteiger partial charge in [-0.05, 0) is 44.9 Å². The van der Waals surface area contributed by atoms with Crippen molar-refractivity contribution in [2.24, 2.45) is 11.0 Å². The highest BCUT2D eigenvalue weighted by atomic mass is 32.2. The van der Waals surface area contributed by atoms with Gasteiger partial charge in [0.15, 0.2) is 0 Å². The standard InChI is InChI=1S/C23H37N7O3S/c1-29-21-13-16(3-4-17(21)15-24-29)20-14-22(27-23(26-20)30-9-11-33-12-10-30)25-18-5-7-19(8-6-18)28-34(2,31)32/h14-19,21,28H,3-13H2,1-2H3,(H,25,26,27). The molecule has 3 heterocycles. The van der Waals surface area contributed by atoms with E-state index in [1.54, 1.807) is 0 Å². The predicted molar refractivity (Wildman–Crippen MR) is 133 cm³/mol. The van der Waals surface area contributed by atoms with Crippen molar-refractivity contribution in [3.05, 3.63) is 11.8 Å². The average molecular weight is 492 g/mol. The van der Waals surface area contributed by atoms with Gasteiger partial charge in [0.2, 0.25) is 16.0 Å². The van der Waals surface area contributed by atoms with Gasteiger partial charge in [0.25, 0.3) is 0 Å². The van der Waals surface area contributed by atoms with Gasteiger partial charge in [0.1, 0.15) is 5.82 Å². The molecule has 2 aliphatic heterocycles. The third-order valence-electron chi connectivity index (χ3n) is 7.70. The number of aromatic nitrogens is 2. The number of nitrogens with one attached hydrogen (secondary N) is 2. The van der Waals surface area contributed by atoms with Crippen molar-refractivity contribution in [1.29, 1.82) is 0 Å². The molecule has 188 valence electrons. The van der Waals surface area contributed by atoms with Gasteiger partial charge in [0, 0.05) is 56.3 Å². The molecule has 5 rings (SSSR count).